The predicted octanol–water partition coefficient (Wildman–Crippen LogP) is 2.65. The maximum Gasteiger partial charge on any atom is 0.220 e. The van der Waals surface area contributed by atoms with Crippen LogP contribution in [0.1, 0.15) is 44.1 Å². The van der Waals surface area contributed by atoms with Crippen LogP contribution in [-0.2, 0) is 16.1 Å². The van der Waals surface area contributed by atoms with Gasteiger partial charge >= 0.3 is 0 Å². The third-order valence-corrected chi connectivity index (χ3v) is 4.49. The van der Waals surface area contributed by atoms with Crippen molar-refractivity contribution in [2.24, 2.45) is 16.6 Å². The maximum atomic E-state index is 11.9. The number of hydrogen-bond acceptors (Lipinski definition) is 3. The van der Waals surface area contributed by atoms with Crippen LogP contribution >= 0.6 is 0 Å². The van der Waals surface area contributed by atoms with Gasteiger partial charge in [0.25, 0.3) is 0 Å². The second kappa shape index (κ2) is 10.7. The molecule has 1 amide bonds. The summed E-state index contributed by atoms with van der Waals surface area (Å²) in [5.74, 6) is 1.02. The number of ether oxygens (including phenoxy) is 1. The Balaban J connectivity index is 1.69. The van der Waals surface area contributed by atoms with Crippen LogP contribution in [0.2, 0.25) is 0 Å². The third-order valence-electron chi connectivity index (χ3n) is 4.49. The molecule has 4 N–H and O–H groups in total. The normalized spacial score (nSPS) is 15.8. The Labute approximate surface area is 150 Å². The smallest absolute Gasteiger partial charge is 0.220 e. The summed E-state index contributed by atoms with van der Waals surface area (Å²) in [6.45, 7) is 1.48. The lowest BCUT2D eigenvalue weighted by Crippen LogP contribution is -2.30. The number of rotatable bonds is 8. The molecule has 6 heteroatoms. The average molecular weight is 346 g/mol. The zero-order chi connectivity index (χ0) is 17.9. The summed E-state index contributed by atoms with van der Waals surface area (Å²) >= 11 is 0. The molecule has 1 aliphatic carbocycles. The highest BCUT2D eigenvalue weighted by atomic mass is 16.5. The van der Waals surface area contributed by atoms with Crippen molar-refractivity contribution in [1.29, 1.82) is 0 Å². The summed E-state index contributed by atoms with van der Waals surface area (Å²) in [6, 6.07) is 7.79. The van der Waals surface area contributed by atoms with E-state index in [0.29, 0.717) is 38.0 Å². The van der Waals surface area contributed by atoms with E-state index in [1.54, 1.807) is 7.11 Å². The van der Waals surface area contributed by atoms with Crippen LogP contribution in [0, 0.1) is 5.92 Å². The van der Waals surface area contributed by atoms with Gasteiger partial charge in [0.1, 0.15) is 0 Å². The zero-order valence-corrected chi connectivity index (χ0v) is 15.1. The van der Waals surface area contributed by atoms with Gasteiger partial charge in [-0.2, -0.15) is 0 Å². The fourth-order valence-electron chi connectivity index (χ4n) is 3.20. The number of carbonyl (C=O) groups excluding carboxylic acids is 1. The number of methoxy groups -OCH3 is 1. The zero-order valence-electron chi connectivity index (χ0n) is 15.1. The number of para-hydroxylation sites is 1. The fraction of sp³-hybridized carbons (Fsp3) is 0.579. The highest BCUT2D eigenvalue weighted by molar-refractivity contribution is 5.93. The van der Waals surface area contributed by atoms with E-state index < -0.39 is 0 Å². The van der Waals surface area contributed by atoms with Crippen molar-refractivity contribution < 1.29 is 9.53 Å². The van der Waals surface area contributed by atoms with E-state index in [9.17, 15) is 4.79 Å². The SMILES string of the molecule is COCc1ccccc1NC(N)=NCCNC(=O)CC1CCCCC1. The van der Waals surface area contributed by atoms with E-state index in [4.69, 9.17) is 10.5 Å². The number of benzene rings is 1. The van der Waals surface area contributed by atoms with Gasteiger partial charge in [-0.25, -0.2) is 0 Å². The topological polar surface area (TPSA) is 88.7 Å². The van der Waals surface area contributed by atoms with Crippen molar-refractivity contribution in [3.05, 3.63) is 29.8 Å². The predicted molar refractivity (Wildman–Crippen MR) is 101 cm³/mol. The standard InChI is InChI=1S/C19H30N4O2/c1-25-14-16-9-5-6-10-17(16)23-19(20)22-12-11-21-18(24)13-15-7-3-2-4-8-15/h5-6,9-10,15H,2-4,7-8,11-14H2,1H3,(H,21,24)(H3,20,22,23). The first-order valence-corrected chi connectivity index (χ1v) is 9.09. The Bertz CT molecular complexity index is 568. The molecule has 1 aliphatic rings. The number of nitrogens with one attached hydrogen (secondary N) is 2. The van der Waals surface area contributed by atoms with Gasteiger partial charge in [0.15, 0.2) is 5.96 Å². The van der Waals surface area contributed by atoms with Crippen LogP contribution in [-0.4, -0.2) is 32.1 Å². The molecule has 0 aliphatic heterocycles. The van der Waals surface area contributed by atoms with Crippen molar-refractivity contribution in [2.45, 2.75) is 45.1 Å². The Morgan fingerprint density at radius 1 is 1.28 bits per heavy atom. The van der Waals surface area contributed by atoms with Gasteiger partial charge in [0, 0.05) is 31.3 Å². The second-order valence-electron chi connectivity index (χ2n) is 6.54. The minimum Gasteiger partial charge on any atom is -0.380 e. The summed E-state index contributed by atoms with van der Waals surface area (Å²) in [5, 5.41) is 6.02. The molecule has 1 saturated carbocycles. The van der Waals surface area contributed by atoms with E-state index in [-0.39, 0.29) is 5.91 Å². The molecule has 25 heavy (non-hydrogen) atoms. The van der Waals surface area contributed by atoms with Crippen LogP contribution in [0.3, 0.4) is 0 Å². The van der Waals surface area contributed by atoms with Crippen molar-refractivity contribution in [3.63, 3.8) is 0 Å². The second-order valence-corrected chi connectivity index (χ2v) is 6.54. The van der Waals surface area contributed by atoms with E-state index >= 15 is 0 Å². The molecule has 1 fully saturated rings. The first-order valence-electron chi connectivity index (χ1n) is 9.09. The molecule has 0 saturated heterocycles. The van der Waals surface area contributed by atoms with Crippen LogP contribution in [0.5, 0.6) is 0 Å². The lowest BCUT2D eigenvalue weighted by Gasteiger charge is -2.20. The number of aliphatic imine (C=N–C) groups is 1. The van der Waals surface area contributed by atoms with Gasteiger partial charge in [0.2, 0.25) is 5.91 Å². The molecule has 1 aromatic rings. The maximum absolute atomic E-state index is 11.9. The molecule has 0 spiro atoms. The van der Waals surface area contributed by atoms with Crippen molar-refractivity contribution in [3.8, 4) is 0 Å². The molecule has 0 atom stereocenters. The Hall–Kier alpha value is -2.08. The molecular weight excluding hydrogens is 316 g/mol. The molecule has 6 nitrogen and oxygen atoms in total. The van der Waals surface area contributed by atoms with Gasteiger partial charge in [-0.15, -0.1) is 0 Å². The number of nitrogens with zero attached hydrogens (tertiary/aromatic N) is 1. The lowest BCUT2D eigenvalue weighted by atomic mass is 9.87. The van der Waals surface area contributed by atoms with E-state index in [2.05, 4.69) is 15.6 Å². The molecular formula is C19H30N4O2. The molecule has 0 bridgehead atoms. The third kappa shape index (κ3) is 7.13. The number of anilines is 1. The van der Waals surface area contributed by atoms with Crippen LogP contribution in [0.25, 0.3) is 0 Å². The van der Waals surface area contributed by atoms with Gasteiger partial charge in [-0.05, 0) is 24.8 Å². The van der Waals surface area contributed by atoms with Crippen molar-refractivity contribution in [1.82, 2.24) is 5.32 Å². The minimum absolute atomic E-state index is 0.124. The average Bonchev–Trinajstić information content (AvgIpc) is 2.61. The Kier molecular flexibility index (Phi) is 8.25. The first-order chi connectivity index (χ1) is 12.2. The number of hydrogen-bond donors (Lipinski definition) is 3. The fourth-order valence-corrected chi connectivity index (χ4v) is 3.20. The number of guanidine groups is 1. The highest BCUT2D eigenvalue weighted by Crippen LogP contribution is 2.25. The van der Waals surface area contributed by atoms with E-state index in [1.165, 1.54) is 32.1 Å². The number of amides is 1. The van der Waals surface area contributed by atoms with Crippen LogP contribution in [0.4, 0.5) is 5.69 Å². The van der Waals surface area contributed by atoms with E-state index in [1.807, 2.05) is 24.3 Å². The highest BCUT2D eigenvalue weighted by Gasteiger charge is 2.16. The summed E-state index contributed by atoms with van der Waals surface area (Å²) in [5.41, 5.74) is 7.82. The molecule has 0 unspecified atom stereocenters. The van der Waals surface area contributed by atoms with Gasteiger partial charge in [-0.3, -0.25) is 9.79 Å². The number of nitrogens with two attached hydrogens (primary N) is 1. The van der Waals surface area contributed by atoms with Crippen molar-refractivity contribution in [2.75, 3.05) is 25.5 Å². The molecule has 0 aromatic heterocycles. The Morgan fingerprint density at radius 3 is 2.80 bits per heavy atom. The van der Waals surface area contributed by atoms with Gasteiger partial charge < -0.3 is 21.1 Å². The number of carbonyl (C=O) groups is 1. The lowest BCUT2D eigenvalue weighted by molar-refractivity contribution is -0.122. The molecule has 2 rings (SSSR count). The first kappa shape index (κ1) is 19.2. The van der Waals surface area contributed by atoms with Gasteiger partial charge in [0.05, 0.1) is 13.2 Å². The molecule has 1 aromatic carbocycles. The van der Waals surface area contributed by atoms with E-state index in [0.717, 1.165) is 11.3 Å². The summed E-state index contributed by atoms with van der Waals surface area (Å²) in [4.78, 5) is 16.2. The monoisotopic (exact) mass is 346 g/mol. The summed E-state index contributed by atoms with van der Waals surface area (Å²) < 4.78 is 5.17. The minimum atomic E-state index is 0.124. The largest absolute Gasteiger partial charge is 0.380 e. The quantitative estimate of drug-likeness (QED) is 0.383. The van der Waals surface area contributed by atoms with Crippen LogP contribution < -0.4 is 16.4 Å². The Morgan fingerprint density at radius 2 is 2.04 bits per heavy atom. The summed E-state index contributed by atoms with van der Waals surface area (Å²) in [7, 11) is 1.66. The summed E-state index contributed by atoms with van der Waals surface area (Å²) in [6.07, 6.45) is 6.84. The molecule has 0 radical (unpaired) electrons. The molecule has 138 valence electrons. The van der Waals surface area contributed by atoms with Gasteiger partial charge in [-0.1, -0.05) is 37.5 Å². The molecule has 0 heterocycles. The van der Waals surface area contributed by atoms with Crippen LogP contribution in [0.15, 0.2) is 29.3 Å². The van der Waals surface area contributed by atoms with Crippen molar-refractivity contribution >= 4 is 17.6 Å².